The van der Waals surface area contributed by atoms with Crippen LogP contribution >= 0.6 is 0 Å². The zero-order valence-corrected chi connectivity index (χ0v) is 15.0. The van der Waals surface area contributed by atoms with Crippen LogP contribution in [0, 0.1) is 5.82 Å². The van der Waals surface area contributed by atoms with Crippen LogP contribution in [0.25, 0.3) is 11.3 Å². The number of hydrogen-bond donors (Lipinski definition) is 1. The summed E-state index contributed by atoms with van der Waals surface area (Å²) in [6, 6.07) is 6.63. The second kappa shape index (κ2) is 10.3. The number of nitrogens with one attached hydrogen (secondary N) is 1. The molecule has 138 valence electrons. The van der Waals surface area contributed by atoms with Gasteiger partial charge < -0.3 is 9.82 Å². The number of rotatable bonds is 11. The predicted octanol–water partition coefficient (Wildman–Crippen LogP) is 4.47. The van der Waals surface area contributed by atoms with Gasteiger partial charge in [0.1, 0.15) is 24.5 Å². The molecule has 0 unspecified atom stereocenters. The highest BCUT2D eigenvalue weighted by atomic mass is 19.1. The maximum atomic E-state index is 13.8. The Labute approximate surface area is 153 Å². The lowest BCUT2D eigenvalue weighted by molar-refractivity contribution is -0.113. The summed E-state index contributed by atoms with van der Waals surface area (Å²) < 4.78 is 13.8. The minimum atomic E-state index is -0.261. The Morgan fingerprint density at radius 3 is 2.81 bits per heavy atom. The number of carbonyl (C=O) groups excluding carboxylic acids is 1. The minimum Gasteiger partial charge on any atom is -0.399 e. The molecule has 2 rings (SSSR count). The highest BCUT2D eigenvalue weighted by Gasteiger charge is 2.09. The van der Waals surface area contributed by atoms with E-state index in [2.05, 4.69) is 26.5 Å². The average molecular weight is 357 g/mol. The van der Waals surface area contributed by atoms with E-state index in [1.807, 2.05) is 0 Å². The van der Waals surface area contributed by atoms with E-state index < -0.39 is 0 Å². The molecule has 0 aliphatic carbocycles. The van der Waals surface area contributed by atoms with E-state index in [4.69, 9.17) is 0 Å². The molecule has 1 heterocycles. The van der Waals surface area contributed by atoms with Crippen LogP contribution in [-0.2, 0) is 16.1 Å². The Balaban J connectivity index is 1.70. The maximum absolute atomic E-state index is 13.8. The largest absolute Gasteiger partial charge is 0.399 e. The maximum Gasteiger partial charge on any atom is 0.184 e. The van der Waals surface area contributed by atoms with Crippen molar-refractivity contribution < 1.29 is 14.0 Å². The summed E-state index contributed by atoms with van der Waals surface area (Å²) in [4.78, 5) is 24.0. The van der Waals surface area contributed by atoms with Gasteiger partial charge in [0, 0.05) is 18.4 Å². The topological polar surface area (TPSA) is 67.3 Å². The Hall–Kier alpha value is -2.76. The molecule has 26 heavy (non-hydrogen) atoms. The molecule has 0 aliphatic rings. The van der Waals surface area contributed by atoms with Crippen molar-refractivity contribution in [1.29, 1.82) is 0 Å². The van der Waals surface area contributed by atoms with Gasteiger partial charge in [-0.1, -0.05) is 36.7 Å². The summed E-state index contributed by atoms with van der Waals surface area (Å²) in [6.45, 7) is 3.56. The van der Waals surface area contributed by atoms with Crippen molar-refractivity contribution in [2.24, 2.45) is 5.16 Å². The second-order valence-electron chi connectivity index (χ2n) is 5.92. The second-order valence-corrected chi connectivity index (χ2v) is 5.92. The number of imidazole rings is 1. The number of aryl methyl sites for hydroxylation is 1. The van der Waals surface area contributed by atoms with Gasteiger partial charge in [-0.05, 0) is 31.1 Å². The fourth-order valence-corrected chi connectivity index (χ4v) is 2.67. The third kappa shape index (κ3) is 5.65. The molecule has 0 saturated carbocycles. The molecule has 0 aliphatic heterocycles. The van der Waals surface area contributed by atoms with Gasteiger partial charge in [0.05, 0.1) is 11.9 Å². The van der Waals surface area contributed by atoms with Crippen LogP contribution in [0.15, 0.2) is 48.3 Å². The van der Waals surface area contributed by atoms with Crippen molar-refractivity contribution in [2.75, 3.05) is 7.11 Å². The van der Waals surface area contributed by atoms with E-state index in [1.165, 1.54) is 19.3 Å². The van der Waals surface area contributed by atoms with Gasteiger partial charge in [-0.3, -0.25) is 4.79 Å². The van der Waals surface area contributed by atoms with Gasteiger partial charge in [0.25, 0.3) is 0 Å². The Morgan fingerprint density at radius 2 is 2.08 bits per heavy atom. The normalized spacial score (nSPS) is 11.4. The molecule has 6 heteroatoms. The van der Waals surface area contributed by atoms with Gasteiger partial charge in [-0.2, -0.15) is 0 Å². The van der Waals surface area contributed by atoms with Gasteiger partial charge in [-0.15, -0.1) is 0 Å². The summed E-state index contributed by atoms with van der Waals surface area (Å²) in [7, 11) is 1.41. The highest BCUT2D eigenvalue weighted by molar-refractivity contribution is 6.43. The Morgan fingerprint density at radius 1 is 1.31 bits per heavy atom. The van der Waals surface area contributed by atoms with Crippen LogP contribution in [-0.4, -0.2) is 28.6 Å². The first-order valence-electron chi connectivity index (χ1n) is 8.71. The van der Waals surface area contributed by atoms with E-state index in [9.17, 15) is 9.18 Å². The number of benzene rings is 1. The molecular weight excluding hydrogens is 333 g/mol. The third-order valence-electron chi connectivity index (χ3n) is 4.03. The number of nitrogens with zero attached hydrogens (tertiary/aromatic N) is 2. The zero-order chi connectivity index (χ0) is 18.8. The molecule has 5 nitrogen and oxygen atoms in total. The molecule has 0 fully saturated rings. The fourth-order valence-electron chi connectivity index (χ4n) is 2.67. The van der Waals surface area contributed by atoms with Crippen LogP contribution < -0.4 is 0 Å². The van der Waals surface area contributed by atoms with Gasteiger partial charge in [0.2, 0.25) is 0 Å². The molecule has 0 atom stereocenters. The molecule has 1 aromatic carbocycles. The lowest BCUT2D eigenvalue weighted by atomic mass is 10.1. The van der Waals surface area contributed by atoms with Crippen molar-refractivity contribution in [2.45, 2.75) is 38.5 Å². The first-order valence-corrected chi connectivity index (χ1v) is 8.71. The number of ketones is 1. The summed E-state index contributed by atoms with van der Waals surface area (Å²) in [5.74, 6) is 0.534. The van der Waals surface area contributed by atoms with Crippen LogP contribution in [0.5, 0.6) is 0 Å². The Kier molecular flexibility index (Phi) is 7.74. The third-order valence-corrected chi connectivity index (χ3v) is 4.03. The smallest absolute Gasteiger partial charge is 0.184 e. The number of Topliss-reactive ketones (excluding diaryl/α,β-unsaturated/α-hetero) is 1. The summed E-state index contributed by atoms with van der Waals surface area (Å²) >= 11 is 0. The molecule has 0 amide bonds. The van der Waals surface area contributed by atoms with E-state index >= 15 is 0 Å². The average Bonchev–Trinajstić information content (AvgIpc) is 3.11. The number of allylic oxidation sites excluding steroid dienone is 1. The highest BCUT2D eigenvalue weighted by Crippen LogP contribution is 2.20. The minimum absolute atomic E-state index is 0.0533. The molecule has 1 N–H and O–H groups in total. The van der Waals surface area contributed by atoms with Crippen molar-refractivity contribution in [3.63, 3.8) is 0 Å². The number of carbonyl (C=O) groups is 1. The SMILES string of the molecule is C=C/C(=N\OC)C(=O)CCCCCCc1ncc(-c2ccccc2F)[nH]1. The van der Waals surface area contributed by atoms with Crippen molar-refractivity contribution in [3.8, 4) is 11.3 Å². The quantitative estimate of drug-likeness (QED) is 0.367. The molecule has 1 aromatic heterocycles. The van der Waals surface area contributed by atoms with Crippen molar-refractivity contribution in [1.82, 2.24) is 9.97 Å². The number of aromatic amines is 1. The number of oxime groups is 1. The monoisotopic (exact) mass is 357 g/mol. The van der Waals surface area contributed by atoms with E-state index in [0.29, 0.717) is 17.7 Å². The lowest BCUT2D eigenvalue weighted by Gasteiger charge is -2.02. The van der Waals surface area contributed by atoms with Crippen LogP contribution in [0.1, 0.15) is 37.9 Å². The molecule has 0 radical (unpaired) electrons. The predicted molar refractivity (Wildman–Crippen MR) is 100 cm³/mol. The number of unbranched alkanes of at least 4 members (excludes halogenated alkanes) is 3. The molecule has 0 bridgehead atoms. The first-order chi connectivity index (χ1) is 12.7. The summed E-state index contributed by atoms with van der Waals surface area (Å²) in [5.41, 5.74) is 1.49. The summed E-state index contributed by atoms with van der Waals surface area (Å²) in [6.07, 6.45) is 8.01. The first kappa shape index (κ1) is 19.6. The number of halogens is 1. The number of hydrogen-bond acceptors (Lipinski definition) is 4. The molecule has 2 aromatic rings. The van der Waals surface area contributed by atoms with Gasteiger partial charge in [-0.25, -0.2) is 9.37 Å². The van der Waals surface area contributed by atoms with E-state index in [-0.39, 0.29) is 17.3 Å². The van der Waals surface area contributed by atoms with Gasteiger partial charge in [0.15, 0.2) is 5.78 Å². The van der Waals surface area contributed by atoms with Crippen molar-refractivity contribution in [3.05, 3.63) is 54.8 Å². The molecule has 0 saturated heterocycles. The zero-order valence-electron chi connectivity index (χ0n) is 15.0. The van der Waals surface area contributed by atoms with Crippen LogP contribution in [0.3, 0.4) is 0 Å². The lowest BCUT2D eigenvalue weighted by Crippen LogP contribution is -2.11. The fraction of sp³-hybridized carbons (Fsp3) is 0.350. The van der Waals surface area contributed by atoms with Crippen LogP contribution in [0.2, 0.25) is 0 Å². The van der Waals surface area contributed by atoms with E-state index in [0.717, 1.165) is 37.9 Å². The van der Waals surface area contributed by atoms with E-state index in [1.54, 1.807) is 24.4 Å². The Bertz CT molecular complexity index is 768. The summed E-state index contributed by atoms with van der Waals surface area (Å²) in [5, 5.41) is 3.64. The number of H-pyrrole nitrogens is 1. The standard InChI is InChI=1S/C20H24FN3O2/c1-3-17(24-26-2)19(25)12-6-4-5-7-13-20-22-14-18(23-20)15-10-8-9-11-16(15)21/h3,8-11,14H,1,4-7,12-13H2,2H3,(H,22,23)/b24-17+. The van der Waals surface area contributed by atoms with Crippen molar-refractivity contribution >= 4 is 11.5 Å². The van der Waals surface area contributed by atoms with Gasteiger partial charge >= 0.3 is 0 Å². The van der Waals surface area contributed by atoms with Crippen LogP contribution in [0.4, 0.5) is 4.39 Å². The number of aromatic nitrogens is 2. The molecule has 0 spiro atoms. The molecular formula is C20H24FN3O2.